The zero-order valence-corrected chi connectivity index (χ0v) is 14.7. The number of carboxylic acid groups (broad SMARTS) is 1. The first-order valence-corrected chi connectivity index (χ1v) is 8.74. The molecule has 1 aromatic rings. The first kappa shape index (κ1) is 18.8. The molecule has 1 unspecified atom stereocenters. The summed E-state index contributed by atoms with van der Waals surface area (Å²) in [5.41, 5.74) is 1.18. The summed E-state index contributed by atoms with van der Waals surface area (Å²) in [4.78, 5) is 50.5. The van der Waals surface area contributed by atoms with Gasteiger partial charge in [0.1, 0.15) is 6.54 Å². The summed E-state index contributed by atoms with van der Waals surface area (Å²) in [7, 11) is 0. The lowest BCUT2D eigenvalue weighted by atomic mass is 10.1. The van der Waals surface area contributed by atoms with Crippen molar-refractivity contribution in [1.29, 1.82) is 0 Å². The van der Waals surface area contributed by atoms with Crippen LogP contribution in [0.15, 0.2) is 24.3 Å². The summed E-state index contributed by atoms with van der Waals surface area (Å²) in [5.74, 6) is -1.79. The molecular weight excluding hydrogens is 354 g/mol. The molecule has 0 saturated carbocycles. The molecule has 27 heavy (non-hydrogen) atoms. The van der Waals surface area contributed by atoms with E-state index in [2.05, 4.69) is 5.32 Å². The summed E-state index contributed by atoms with van der Waals surface area (Å²) in [5, 5.41) is 11.6. The van der Waals surface area contributed by atoms with Gasteiger partial charge in [0.15, 0.2) is 0 Å². The standard InChI is InChI=1S/C18H21N3O6/c22-15-11-21(14-4-2-1-3-13(14)19-15)17(24)6-5-16(23)20-7-8-27-12(10-20)9-18(25)26/h1-4,12H,5-11H2,(H,19,22)(H,25,26). The van der Waals surface area contributed by atoms with Gasteiger partial charge in [-0.1, -0.05) is 12.1 Å². The Morgan fingerprint density at radius 1 is 1.19 bits per heavy atom. The molecule has 9 heteroatoms. The minimum absolute atomic E-state index is 0.00108. The van der Waals surface area contributed by atoms with Crippen LogP contribution in [0.5, 0.6) is 0 Å². The van der Waals surface area contributed by atoms with Gasteiger partial charge in [-0.3, -0.25) is 19.2 Å². The number of nitrogens with one attached hydrogen (secondary N) is 1. The van der Waals surface area contributed by atoms with Crippen LogP contribution in [0.1, 0.15) is 19.3 Å². The molecule has 144 valence electrons. The largest absolute Gasteiger partial charge is 0.481 e. The number of ether oxygens (including phenoxy) is 1. The maximum Gasteiger partial charge on any atom is 0.306 e. The smallest absolute Gasteiger partial charge is 0.306 e. The van der Waals surface area contributed by atoms with Gasteiger partial charge in [0, 0.05) is 25.9 Å². The van der Waals surface area contributed by atoms with Crippen molar-refractivity contribution in [3.63, 3.8) is 0 Å². The van der Waals surface area contributed by atoms with Crippen LogP contribution in [0.25, 0.3) is 0 Å². The van der Waals surface area contributed by atoms with Crippen LogP contribution in [0.2, 0.25) is 0 Å². The highest BCUT2D eigenvalue weighted by molar-refractivity contribution is 6.10. The van der Waals surface area contributed by atoms with Crippen LogP contribution in [0.4, 0.5) is 11.4 Å². The van der Waals surface area contributed by atoms with Gasteiger partial charge in [-0.25, -0.2) is 0 Å². The molecule has 0 bridgehead atoms. The second-order valence-corrected chi connectivity index (χ2v) is 6.48. The first-order chi connectivity index (χ1) is 12.9. The first-order valence-electron chi connectivity index (χ1n) is 8.74. The monoisotopic (exact) mass is 375 g/mol. The van der Waals surface area contributed by atoms with E-state index in [-0.39, 0.29) is 56.7 Å². The molecule has 2 aliphatic heterocycles. The van der Waals surface area contributed by atoms with Gasteiger partial charge in [-0.15, -0.1) is 0 Å². The summed E-state index contributed by atoms with van der Waals surface area (Å²) in [6.07, 6.45) is -0.726. The van der Waals surface area contributed by atoms with E-state index in [1.165, 1.54) is 9.80 Å². The molecule has 2 aliphatic rings. The lowest BCUT2D eigenvalue weighted by Crippen LogP contribution is -2.47. The fraction of sp³-hybridized carbons (Fsp3) is 0.444. The highest BCUT2D eigenvalue weighted by atomic mass is 16.5. The number of rotatable bonds is 5. The third-order valence-corrected chi connectivity index (χ3v) is 4.52. The topological polar surface area (TPSA) is 116 Å². The van der Waals surface area contributed by atoms with Gasteiger partial charge in [0.05, 0.1) is 30.5 Å². The maximum absolute atomic E-state index is 12.6. The Labute approximate surface area is 155 Å². The number of morpholine rings is 1. The number of nitrogens with zero attached hydrogens (tertiary/aromatic N) is 2. The number of amides is 3. The number of carboxylic acids is 1. The summed E-state index contributed by atoms with van der Waals surface area (Å²) in [6.45, 7) is 0.770. The number of para-hydroxylation sites is 2. The second-order valence-electron chi connectivity index (χ2n) is 6.48. The Bertz CT molecular complexity index is 765. The van der Waals surface area contributed by atoms with Gasteiger partial charge in [0.2, 0.25) is 17.7 Å². The number of carbonyl (C=O) groups excluding carboxylic acids is 3. The van der Waals surface area contributed by atoms with E-state index >= 15 is 0 Å². The van der Waals surface area contributed by atoms with Crippen molar-refractivity contribution >= 4 is 35.1 Å². The molecule has 9 nitrogen and oxygen atoms in total. The molecule has 2 heterocycles. The number of carbonyl (C=O) groups is 4. The minimum atomic E-state index is -0.980. The van der Waals surface area contributed by atoms with Crippen molar-refractivity contribution in [2.45, 2.75) is 25.4 Å². The third-order valence-electron chi connectivity index (χ3n) is 4.52. The van der Waals surface area contributed by atoms with Crippen LogP contribution in [0.3, 0.4) is 0 Å². The van der Waals surface area contributed by atoms with Crippen LogP contribution < -0.4 is 10.2 Å². The van der Waals surface area contributed by atoms with E-state index in [0.717, 1.165) is 0 Å². The van der Waals surface area contributed by atoms with Gasteiger partial charge in [-0.2, -0.15) is 0 Å². The SMILES string of the molecule is O=C(O)CC1CN(C(=O)CCC(=O)N2CC(=O)Nc3ccccc32)CCO1. The van der Waals surface area contributed by atoms with Gasteiger partial charge in [-0.05, 0) is 12.1 Å². The van der Waals surface area contributed by atoms with Crippen LogP contribution >= 0.6 is 0 Å². The van der Waals surface area contributed by atoms with Crippen molar-refractivity contribution in [3.05, 3.63) is 24.3 Å². The van der Waals surface area contributed by atoms with Gasteiger partial charge >= 0.3 is 5.97 Å². The predicted molar refractivity (Wildman–Crippen MR) is 95.2 cm³/mol. The minimum Gasteiger partial charge on any atom is -0.481 e. The van der Waals surface area contributed by atoms with Crippen molar-refractivity contribution in [2.24, 2.45) is 0 Å². The molecule has 3 amide bonds. The Kier molecular flexibility index (Phi) is 5.70. The quantitative estimate of drug-likeness (QED) is 0.772. The van der Waals surface area contributed by atoms with E-state index in [4.69, 9.17) is 9.84 Å². The van der Waals surface area contributed by atoms with E-state index in [1.54, 1.807) is 24.3 Å². The average Bonchev–Trinajstić information content (AvgIpc) is 2.64. The molecule has 1 fully saturated rings. The Morgan fingerprint density at radius 3 is 2.70 bits per heavy atom. The number of aliphatic carboxylic acids is 1. The highest BCUT2D eigenvalue weighted by Crippen LogP contribution is 2.29. The fourth-order valence-electron chi connectivity index (χ4n) is 3.23. The van der Waals surface area contributed by atoms with Crippen LogP contribution in [-0.4, -0.2) is 66.0 Å². The zero-order valence-electron chi connectivity index (χ0n) is 14.7. The second kappa shape index (κ2) is 8.17. The van der Waals surface area contributed by atoms with Gasteiger partial charge < -0.3 is 25.0 Å². The summed E-state index contributed by atoms with van der Waals surface area (Å²) < 4.78 is 5.35. The molecule has 3 rings (SSSR count). The summed E-state index contributed by atoms with van der Waals surface area (Å²) >= 11 is 0. The van der Waals surface area contributed by atoms with Gasteiger partial charge in [0.25, 0.3) is 0 Å². The number of hydrogen-bond acceptors (Lipinski definition) is 5. The molecule has 0 aliphatic carbocycles. The molecule has 0 spiro atoms. The summed E-state index contributed by atoms with van der Waals surface area (Å²) in [6, 6.07) is 7.00. The third kappa shape index (κ3) is 4.62. The van der Waals surface area contributed by atoms with E-state index in [0.29, 0.717) is 17.9 Å². The number of hydrogen-bond donors (Lipinski definition) is 2. The molecular formula is C18H21N3O6. The molecule has 1 saturated heterocycles. The molecule has 1 atom stereocenters. The average molecular weight is 375 g/mol. The molecule has 0 radical (unpaired) electrons. The number of fused-ring (bicyclic) bond motifs is 1. The van der Waals surface area contributed by atoms with Crippen LogP contribution in [-0.2, 0) is 23.9 Å². The van der Waals surface area contributed by atoms with Crippen molar-refractivity contribution in [1.82, 2.24) is 4.90 Å². The number of benzene rings is 1. The van der Waals surface area contributed by atoms with E-state index in [1.807, 2.05) is 0 Å². The fourth-order valence-corrected chi connectivity index (χ4v) is 3.23. The maximum atomic E-state index is 12.6. The zero-order chi connectivity index (χ0) is 19.4. The number of anilines is 2. The van der Waals surface area contributed by atoms with Crippen molar-refractivity contribution < 1.29 is 29.0 Å². The van der Waals surface area contributed by atoms with Crippen molar-refractivity contribution in [2.75, 3.05) is 36.5 Å². The Balaban J connectivity index is 1.57. The van der Waals surface area contributed by atoms with Crippen molar-refractivity contribution in [3.8, 4) is 0 Å². The van der Waals surface area contributed by atoms with E-state index in [9.17, 15) is 19.2 Å². The molecule has 1 aromatic carbocycles. The molecule has 2 N–H and O–H groups in total. The molecule has 0 aromatic heterocycles. The predicted octanol–water partition coefficient (Wildman–Crippen LogP) is 0.454. The Hall–Kier alpha value is -2.94. The Morgan fingerprint density at radius 2 is 1.93 bits per heavy atom. The lowest BCUT2D eigenvalue weighted by Gasteiger charge is -2.33. The normalized spacial score (nSPS) is 19.3. The van der Waals surface area contributed by atoms with Crippen LogP contribution in [0, 0.1) is 0 Å². The van der Waals surface area contributed by atoms with E-state index < -0.39 is 12.1 Å². The highest BCUT2D eigenvalue weighted by Gasteiger charge is 2.29. The lowest BCUT2D eigenvalue weighted by molar-refractivity contribution is -0.147.